The molecule has 0 amide bonds. The zero-order valence-corrected chi connectivity index (χ0v) is 22.2. The van der Waals surface area contributed by atoms with Gasteiger partial charge in [-0.15, -0.1) is 0 Å². The van der Waals surface area contributed by atoms with Crippen LogP contribution in [-0.2, 0) is 22.5 Å². The van der Waals surface area contributed by atoms with Crippen molar-refractivity contribution in [2.24, 2.45) is 16.8 Å². The zero-order valence-electron chi connectivity index (χ0n) is 22.2. The van der Waals surface area contributed by atoms with Crippen molar-refractivity contribution in [2.75, 3.05) is 6.61 Å². The van der Waals surface area contributed by atoms with Gasteiger partial charge in [0.1, 0.15) is 6.61 Å². The molecule has 0 aliphatic heterocycles. The Morgan fingerprint density at radius 3 is 2.60 bits per heavy atom. The van der Waals surface area contributed by atoms with Crippen LogP contribution in [0.5, 0.6) is 0 Å². The van der Waals surface area contributed by atoms with E-state index in [1.807, 2.05) is 13.0 Å². The van der Waals surface area contributed by atoms with Gasteiger partial charge in [-0.3, -0.25) is 4.79 Å². The number of ketones is 1. The molecule has 0 aromatic heterocycles. The maximum Gasteiger partial charge on any atom is 0.155 e. The molecule has 2 aromatic rings. The van der Waals surface area contributed by atoms with Crippen LogP contribution in [0.15, 0.2) is 53.7 Å². The lowest BCUT2D eigenvalue weighted by Gasteiger charge is -2.26. The molecule has 4 heteroatoms. The Kier molecular flexibility index (Phi) is 10.1. The molecule has 2 aromatic carbocycles. The molecule has 0 heterocycles. The number of hydrogen-bond acceptors (Lipinski definition) is 4. The number of rotatable bonds is 8. The van der Waals surface area contributed by atoms with E-state index in [9.17, 15) is 4.79 Å². The average molecular weight is 477 g/mol. The number of oxime groups is 1. The third-order valence-corrected chi connectivity index (χ3v) is 7.37. The number of benzene rings is 2. The second-order valence-electron chi connectivity index (χ2n) is 10.4. The fourth-order valence-corrected chi connectivity index (χ4v) is 5.22. The minimum absolute atomic E-state index is 0.0444. The summed E-state index contributed by atoms with van der Waals surface area (Å²) >= 11 is 0. The molecule has 1 fully saturated rings. The molecule has 35 heavy (non-hydrogen) atoms. The largest absolute Gasteiger partial charge is 0.395 e. The predicted molar refractivity (Wildman–Crippen MR) is 146 cm³/mol. The number of fused-ring (bicyclic) bond motifs is 1. The van der Waals surface area contributed by atoms with Gasteiger partial charge in [0.15, 0.2) is 5.78 Å². The minimum atomic E-state index is -0.658. The number of carbonyl (C=O) groups is 1. The van der Waals surface area contributed by atoms with Gasteiger partial charge >= 0.3 is 0 Å². The Morgan fingerprint density at radius 2 is 1.89 bits per heavy atom. The van der Waals surface area contributed by atoms with Crippen LogP contribution in [0.4, 0.5) is 0 Å². The van der Waals surface area contributed by atoms with Crippen LogP contribution in [0.25, 0.3) is 0 Å². The normalized spacial score (nSPS) is 23.2. The first-order valence-corrected chi connectivity index (χ1v) is 13.6. The molecular formula is C31H44N2O2. The Labute approximate surface area is 212 Å². The van der Waals surface area contributed by atoms with E-state index in [1.54, 1.807) is 0 Å². The van der Waals surface area contributed by atoms with Crippen molar-refractivity contribution in [3.8, 4) is 0 Å². The Balaban J connectivity index is 0.00000108. The highest BCUT2D eigenvalue weighted by molar-refractivity contribution is 6.02. The highest BCUT2D eigenvalue weighted by Crippen LogP contribution is 2.42. The lowest BCUT2D eigenvalue weighted by atomic mass is 9.82. The maximum atomic E-state index is 12.8. The summed E-state index contributed by atoms with van der Waals surface area (Å²) in [5.74, 6) is 0.646. The first kappa shape index (κ1) is 27.1. The molecule has 0 bridgehead atoms. The molecule has 2 aliphatic carbocycles. The topological polar surface area (TPSA) is 64.7 Å². The monoisotopic (exact) mass is 476 g/mol. The molecule has 4 rings (SSSR count). The Morgan fingerprint density at radius 1 is 1.14 bits per heavy atom. The van der Waals surface area contributed by atoms with Crippen molar-refractivity contribution in [1.82, 2.24) is 0 Å². The number of aryl methyl sites for hydroxylation is 1. The summed E-state index contributed by atoms with van der Waals surface area (Å²) in [6.07, 6.45) is 8.63. The summed E-state index contributed by atoms with van der Waals surface area (Å²) in [4.78, 5) is 18.5. The molecular weight excluding hydrogens is 432 g/mol. The Hall–Kier alpha value is -2.46. The van der Waals surface area contributed by atoms with Gasteiger partial charge in [0.05, 0.1) is 11.3 Å². The fourth-order valence-electron chi connectivity index (χ4n) is 5.22. The first-order valence-electron chi connectivity index (χ1n) is 13.6. The van der Waals surface area contributed by atoms with Crippen LogP contribution in [0, 0.1) is 5.92 Å². The standard InChI is InChI=1S/C28H36N2O2.C3H8/c1-3-20(2)27(31)28(29)16-14-24(19-28)22-12-13-25-23(18-22)10-7-11-26(25)30-32-17-15-21-8-5-4-6-9-21;1-3-2/h4-6,8-9,12-13,18,20,24H,3,7,10-11,14-17,19,29H2,1-2H3;3H2,1-2H3/b30-26+;. The third-order valence-electron chi connectivity index (χ3n) is 7.37. The lowest BCUT2D eigenvalue weighted by molar-refractivity contribution is -0.127. The molecule has 2 N–H and O–H groups in total. The first-order chi connectivity index (χ1) is 16.9. The van der Waals surface area contributed by atoms with Crippen LogP contribution in [-0.4, -0.2) is 23.6 Å². The molecule has 0 spiro atoms. The van der Waals surface area contributed by atoms with Gasteiger partial charge in [0.25, 0.3) is 0 Å². The molecule has 0 saturated heterocycles. The van der Waals surface area contributed by atoms with Crippen LogP contribution < -0.4 is 5.73 Å². The van der Waals surface area contributed by atoms with Crippen molar-refractivity contribution in [3.63, 3.8) is 0 Å². The van der Waals surface area contributed by atoms with E-state index < -0.39 is 5.54 Å². The molecule has 1 saturated carbocycles. The lowest BCUT2D eigenvalue weighted by Crippen LogP contribution is -2.48. The van der Waals surface area contributed by atoms with Gasteiger partial charge in [0, 0.05) is 17.9 Å². The zero-order chi connectivity index (χ0) is 25.3. The summed E-state index contributed by atoms with van der Waals surface area (Å²) in [5, 5.41) is 4.49. The molecule has 3 unspecified atom stereocenters. The van der Waals surface area contributed by atoms with Gasteiger partial charge in [-0.2, -0.15) is 0 Å². The summed E-state index contributed by atoms with van der Waals surface area (Å²) in [6.45, 7) is 8.91. The number of Topliss-reactive ketones (excluding diaryl/α,β-unsaturated/α-hetero) is 1. The number of nitrogens with zero attached hydrogens (tertiary/aromatic N) is 1. The van der Waals surface area contributed by atoms with Crippen molar-refractivity contribution in [3.05, 3.63) is 70.8 Å². The second-order valence-corrected chi connectivity index (χ2v) is 10.4. The average Bonchev–Trinajstić information content (AvgIpc) is 3.29. The van der Waals surface area contributed by atoms with E-state index in [4.69, 9.17) is 10.6 Å². The van der Waals surface area contributed by atoms with Crippen molar-refractivity contribution in [2.45, 2.75) is 96.9 Å². The summed E-state index contributed by atoms with van der Waals surface area (Å²) in [7, 11) is 0. The van der Waals surface area contributed by atoms with E-state index >= 15 is 0 Å². The highest BCUT2D eigenvalue weighted by Gasteiger charge is 2.43. The van der Waals surface area contributed by atoms with Gasteiger partial charge in [0.2, 0.25) is 0 Å². The highest BCUT2D eigenvalue weighted by atomic mass is 16.6. The molecule has 2 aliphatic rings. The quantitative estimate of drug-likeness (QED) is 0.330. The predicted octanol–water partition coefficient (Wildman–Crippen LogP) is 6.98. The maximum absolute atomic E-state index is 12.8. The molecule has 4 nitrogen and oxygen atoms in total. The van der Waals surface area contributed by atoms with Crippen LogP contribution in [0.3, 0.4) is 0 Å². The fraction of sp³-hybridized carbons (Fsp3) is 0.548. The SMILES string of the molecule is CCC.CCC(C)C(=O)C1(N)CCC(c2ccc3c(c2)CCC/C3=N\OCCc2ccccc2)C1. The van der Waals surface area contributed by atoms with Crippen LogP contribution >= 0.6 is 0 Å². The van der Waals surface area contributed by atoms with E-state index in [2.05, 4.69) is 68.4 Å². The number of carbonyl (C=O) groups excluding carboxylic acids is 1. The summed E-state index contributed by atoms with van der Waals surface area (Å²) in [5.41, 5.74) is 12.1. The molecule has 3 atom stereocenters. The number of nitrogens with two attached hydrogens (primary N) is 1. The van der Waals surface area contributed by atoms with Crippen molar-refractivity contribution < 1.29 is 9.63 Å². The van der Waals surface area contributed by atoms with Crippen LogP contribution in [0.2, 0.25) is 0 Å². The van der Waals surface area contributed by atoms with Gasteiger partial charge in [-0.25, -0.2) is 0 Å². The van der Waals surface area contributed by atoms with Gasteiger partial charge in [-0.1, -0.05) is 87.8 Å². The molecule has 190 valence electrons. The van der Waals surface area contributed by atoms with E-state index in [0.29, 0.717) is 12.5 Å². The van der Waals surface area contributed by atoms with Gasteiger partial charge in [-0.05, 0) is 67.6 Å². The van der Waals surface area contributed by atoms with E-state index in [0.717, 1.165) is 57.1 Å². The summed E-state index contributed by atoms with van der Waals surface area (Å²) in [6, 6.07) is 17.1. The van der Waals surface area contributed by atoms with Crippen molar-refractivity contribution >= 4 is 11.5 Å². The van der Waals surface area contributed by atoms with Crippen LogP contribution in [0.1, 0.15) is 101 Å². The minimum Gasteiger partial charge on any atom is -0.395 e. The summed E-state index contributed by atoms with van der Waals surface area (Å²) < 4.78 is 0. The van der Waals surface area contributed by atoms with Gasteiger partial charge < -0.3 is 10.6 Å². The van der Waals surface area contributed by atoms with Crippen molar-refractivity contribution in [1.29, 1.82) is 0 Å². The smallest absolute Gasteiger partial charge is 0.155 e. The Bertz CT molecular complexity index is 985. The second kappa shape index (κ2) is 13.0. The molecule has 0 radical (unpaired) electrons. The van der Waals surface area contributed by atoms with E-state index in [-0.39, 0.29) is 11.7 Å². The number of hydrogen-bond donors (Lipinski definition) is 1. The third kappa shape index (κ3) is 7.04. The van der Waals surface area contributed by atoms with E-state index in [1.165, 1.54) is 28.7 Å².